The van der Waals surface area contributed by atoms with E-state index >= 15 is 0 Å². The van der Waals surface area contributed by atoms with Gasteiger partial charge in [0, 0.05) is 0 Å². The van der Waals surface area contributed by atoms with Crippen LogP contribution in [0.5, 0.6) is 0 Å². The number of sulfone groups is 1. The summed E-state index contributed by atoms with van der Waals surface area (Å²) in [7, 11) is -0.257. The minimum atomic E-state index is -4.03. The Kier molecular flexibility index (Phi) is 13.9. The molecular formula is C33H49N3O5S. The number of hydrogen-bond donors (Lipinski definition) is 2. The highest BCUT2D eigenvalue weighted by atomic mass is 32.2. The van der Waals surface area contributed by atoms with E-state index in [0.29, 0.717) is 13.0 Å². The molecule has 0 bridgehead atoms. The largest absolute Gasteiger partial charge is 0.461 e. The minimum Gasteiger partial charge on any atom is -0.461 e. The molecular weight excluding hydrogens is 550 g/mol. The summed E-state index contributed by atoms with van der Waals surface area (Å²) in [5.74, 6) is 1.66. The molecule has 2 aromatic carbocycles. The first-order valence-electron chi connectivity index (χ1n) is 14.6. The molecule has 0 spiro atoms. The van der Waals surface area contributed by atoms with Crippen LogP contribution in [0.3, 0.4) is 0 Å². The average molecular weight is 600 g/mol. The van der Waals surface area contributed by atoms with Crippen LogP contribution >= 0.6 is 0 Å². The summed E-state index contributed by atoms with van der Waals surface area (Å²) in [6, 6.07) is 18.5. The molecule has 3 N–H and O–H groups in total. The fourth-order valence-electron chi connectivity index (χ4n) is 5.46. The van der Waals surface area contributed by atoms with Gasteiger partial charge in [-0.1, -0.05) is 101 Å². The van der Waals surface area contributed by atoms with E-state index in [9.17, 15) is 18.0 Å². The van der Waals surface area contributed by atoms with Gasteiger partial charge in [-0.2, -0.15) is 0 Å². The molecule has 3 atom stereocenters. The quantitative estimate of drug-likeness (QED) is 0.115. The molecule has 0 saturated heterocycles. The zero-order valence-corrected chi connectivity index (χ0v) is 26.8. The number of nitrogens with zero attached hydrogens (tertiary/aromatic N) is 1. The molecule has 0 aliphatic rings. The first kappa shape index (κ1) is 35.2. The van der Waals surface area contributed by atoms with Gasteiger partial charge in [0.25, 0.3) is 0 Å². The molecule has 1 amide bonds. The Balaban J connectivity index is 2.84. The van der Waals surface area contributed by atoms with Crippen LogP contribution in [-0.2, 0) is 30.8 Å². The zero-order valence-electron chi connectivity index (χ0n) is 26.0. The van der Waals surface area contributed by atoms with E-state index in [0.717, 1.165) is 11.1 Å². The molecule has 0 fully saturated rings. The number of nitrogens with two attached hydrogens (primary N) is 1. The third-order valence-corrected chi connectivity index (χ3v) is 9.83. The van der Waals surface area contributed by atoms with Gasteiger partial charge in [-0.05, 0) is 62.9 Å². The number of ether oxygens (including phenoxy) is 1. The van der Waals surface area contributed by atoms with Crippen LogP contribution in [0, 0.1) is 23.7 Å². The minimum absolute atomic E-state index is 0.0250. The molecule has 8 nitrogen and oxygen atoms in total. The van der Waals surface area contributed by atoms with Crippen molar-refractivity contribution in [3.63, 3.8) is 0 Å². The number of esters is 1. The number of carbonyl (C=O) groups excluding carboxylic acids is 2. The summed E-state index contributed by atoms with van der Waals surface area (Å²) in [5, 5.41) is 0. The molecule has 1 unspecified atom stereocenters. The lowest BCUT2D eigenvalue weighted by molar-refractivity contribution is -0.156. The van der Waals surface area contributed by atoms with Gasteiger partial charge in [0.2, 0.25) is 5.91 Å². The van der Waals surface area contributed by atoms with Crippen molar-refractivity contribution < 1.29 is 22.7 Å². The molecule has 2 rings (SSSR count). The molecule has 0 aliphatic heterocycles. The van der Waals surface area contributed by atoms with Crippen molar-refractivity contribution >= 4 is 27.8 Å². The fourth-order valence-corrected chi connectivity index (χ4v) is 7.85. The van der Waals surface area contributed by atoms with Gasteiger partial charge in [0.05, 0.1) is 17.6 Å². The maximum atomic E-state index is 14.7. The number of hydrazine groups is 1. The van der Waals surface area contributed by atoms with Gasteiger partial charge < -0.3 is 9.64 Å². The SMILES string of the molecule is CC(C)C[C@@H](C(=O)NN)[C@@H](C(=O)OCc1ccccc1)C(/C=C/c1ccccc1)(CC(C)C)S(=O)(=O)CCCN(C)C. The monoisotopic (exact) mass is 599 g/mol. The molecule has 0 heterocycles. The van der Waals surface area contributed by atoms with Crippen LogP contribution in [0.2, 0.25) is 0 Å². The Morgan fingerprint density at radius 3 is 2.10 bits per heavy atom. The van der Waals surface area contributed by atoms with Crippen molar-refractivity contribution in [1.29, 1.82) is 0 Å². The van der Waals surface area contributed by atoms with Crippen LogP contribution in [0.25, 0.3) is 6.08 Å². The summed E-state index contributed by atoms with van der Waals surface area (Å²) in [5.41, 5.74) is 3.76. The van der Waals surface area contributed by atoms with Crippen molar-refractivity contribution in [3.8, 4) is 0 Å². The van der Waals surface area contributed by atoms with E-state index in [2.05, 4.69) is 5.43 Å². The predicted molar refractivity (Wildman–Crippen MR) is 170 cm³/mol. The van der Waals surface area contributed by atoms with Gasteiger partial charge in [-0.15, -0.1) is 0 Å². The van der Waals surface area contributed by atoms with Crippen LogP contribution in [0.15, 0.2) is 66.7 Å². The van der Waals surface area contributed by atoms with E-state index in [-0.39, 0.29) is 37.0 Å². The second kappa shape index (κ2) is 16.6. The molecule has 0 saturated carbocycles. The van der Waals surface area contributed by atoms with Crippen LogP contribution < -0.4 is 11.3 Å². The normalized spacial score (nSPS) is 15.1. The number of hydrogen-bond acceptors (Lipinski definition) is 7. The van der Waals surface area contributed by atoms with E-state index in [1.54, 1.807) is 12.2 Å². The van der Waals surface area contributed by atoms with E-state index < -0.39 is 38.3 Å². The number of rotatable bonds is 17. The third kappa shape index (κ3) is 10.1. The maximum absolute atomic E-state index is 14.7. The van der Waals surface area contributed by atoms with Crippen molar-refractivity contribution in [2.24, 2.45) is 29.5 Å². The fraction of sp³-hybridized carbons (Fsp3) is 0.515. The Morgan fingerprint density at radius 1 is 0.976 bits per heavy atom. The standard InChI is InChI=1S/C33H49N3O5S/c1-25(2)22-29(31(37)35-34)30(32(38)41-24-28-16-11-8-12-17-28)33(23-26(3)4,19-18-27-14-9-7-10-15-27)42(39,40)21-13-20-36(5)6/h7-12,14-19,25-26,29-30H,13,20-24,34H2,1-6H3,(H,35,37)/b19-18+/t29-,30+,33?/m1/s1. The van der Waals surface area contributed by atoms with Crippen LogP contribution in [-0.4, -0.2) is 56.3 Å². The third-order valence-electron chi connectivity index (χ3n) is 7.29. The molecule has 42 heavy (non-hydrogen) atoms. The van der Waals surface area contributed by atoms with Crippen molar-refractivity contribution in [2.45, 2.75) is 58.3 Å². The zero-order chi connectivity index (χ0) is 31.3. The lowest BCUT2D eigenvalue weighted by Gasteiger charge is -2.41. The highest BCUT2D eigenvalue weighted by Crippen LogP contribution is 2.43. The Morgan fingerprint density at radius 2 is 1.57 bits per heavy atom. The van der Waals surface area contributed by atoms with Gasteiger partial charge in [-0.25, -0.2) is 14.3 Å². The molecule has 232 valence electrons. The number of amides is 1. The summed E-state index contributed by atoms with van der Waals surface area (Å²) in [4.78, 5) is 29.6. The molecule has 9 heteroatoms. The molecule has 0 radical (unpaired) electrons. The van der Waals surface area contributed by atoms with Gasteiger partial charge in [0.1, 0.15) is 11.4 Å². The number of nitrogens with one attached hydrogen (secondary N) is 1. The topological polar surface area (TPSA) is 119 Å². The van der Waals surface area contributed by atoms with E-state index in [1.165, 1.54) is 0 Å². The Hall–Kier alpha value is -3.01. The van der Waals surface area contributed by atoms with Crippen molar-refractivity contribution in [3.05, 3.63) is 77.9 Å². The lowest BCUT2D eigenvalue weighted by atomic mass is 9.73. The van der Waals surface area contributed by atoms with Gasteiger partial charge in [-0.3, -0.25) is 15.0 Å². The molecule has 2 aromatic rings. The van der Waals surface area contributed by atoms with E-state index in [4.69, 9.17) is 10.6 Å². The lowest BCUT2D eigenvalue weighted by Crippen LogP contribution is -2.56. The smallest absolute Gasteiger partial charge is 0.312 e. The second-order valence-electron chi connectivity index (χ2n) is 12.1. The number of benzene rings is 2. The average Bonchev–Trinajstić information content (AvgIpc) is 2.94. The second-order valence-corrected chi connectivity index (χ2v) is 14.5. The van der Waals surface area contributed by atoms with Crippen molar-refractivity contribution in [1.82, 2.24) is 10.3 Å². The van der Waals surface area contributed by atoms with Gasteiger partial charge in [0.15, 0.2) is 9.84 Å². The van der Waals surface area contributed by atoms with Crippen molar-refractivity contribution in [2.75, 3.05) is 26.4 Å². The van der Waals surface area contributed by atoms with Crippen LogP contribution in [0.1, 0.15) is 58.1 Å². The maximum Gasteiger partial charge on any atom is 0.312 e. The van der Waals surface area contributed by atoms with Crippen LogP contribution in [0.4, 0.5) is 0 Å². The molecule has 0 aromatic heterocycles. The summed E-state index contributed by atoms with van der Waals surface area (Å²) in [6.07, 6.45) is 4.13. The summed E-state index contributed by atoms with van der Waals surface area (Å²) < 4.78 is 33.5. The molecule has 0 aliphatic carbocycles. The highest BCUT2D eigenvalue weighted by molar-refractivity contribution is 7.93. The number of carbonyl (C=O) groups is 2. The Labute approximate surface area is 252 Å². The summed E-state index contributed by atoms with van der Waals surface area (Å²) in [6.45, 7) is 8.22. The Bertz CT molecular complexity index is 1250. The summed E-state index contributed by atoms with van der Waals surface area (Å²) >= 11 is 0. The van der Waals surface area contributed by atoms with Gasteiger partial charge >= 0.3 is 5.97 Å². The highest BCUT2D eigenvalue weighted by Gasteiger charge is 2.56. The first-order valence-corrected chi connectivity index (χ1v) is 16.3. The first-order chi connectivity index (χ1) is 19.8. The van der Waals surface area contributed by atoms with E-state index in [1.807, 2.05) is 107 Å². The predicted octanol–water partition coefficient (Wildman–Crippen LogP) is 4.86.